The highest BCUT2D eigenvalue weighted by Crippen LogP contribution is 2.25. The summed E-state index contributed by atoms with van der Waals surface area (Å²) in [4.78, 5) is 11.0. The first-order valence-corrected chi connectivity index (χ1v) is 14.3. The van der Waals surface area contributed by atoms with Gasteiger partial charge in [-0.05, 0) is 79.6 Å². The van der Waals surface area contributed by atoms with Crippen molar-refractivity contribution in [2.45, 2.75) is 56.1 Å². The van der Waals surface area contributed by atoms with Gasteiger partial charge in [0.15, 0.2) is 0 Å². The molecule has 3 rings (SSSR count). The number of nitrogens with zero attached hydrogens (tertiary/aromatic N) is 1. The number of likely N-dealkylation sites (N-methyl/N-ethyl adjacent to an activating group) is 1. The normalized spacial score (nSPS) is 13.0. The predicted molar refractivity (Wildman–Crippen MR) is 150 cm³/mol. The van der Waals surface area contributed by atoms with Crippen molar-refractivity contribution in [2.75, 3.05) is 20.1 Å². The topological polar surface area (TPSA) is 107 Å². The molecule has 1 atom stereocenters. The summed E-state index contributed by atoms with van der Waals surface area (Å²) in [6.07, 6.45) is 1.39. The Balaban J connectivity index is 1.55. The molecule has 1 unspecified atom stereocenters. The lowest BCUT2D eigenvalue weighted by molar-refractivity contribution is -0.136. The number of benzene rings is 3. The minimum atomic E-state index is -3.85. The number of sulfonamides is 1. The Morgan fingerprint density at radius 3 is 2.36 bits per heavy atom. The molecule has 9 heteroatoms. The molecule has 39 heavy (non-hydrogen) atoms. The van der Waals surface area contributed by atoms with Crippen LogP contribution in [-0.2, 0) is 27.7 Å². The molecular weight excluding hydrogens is 519 g/mol. The van der Waals surface area contributed by atoms with Crippen LogP contribution in [0.4, 0.5) is 4.39 Å². The van der Waals surface area contributed by atoms with Crippen LogP contribution in [-0.4, -0.2) is 60.7 Å². The number of halogens is 1. The molecule has 0 radical (unpaired) electrons. The third-order valence-corrected chi connectivity index (χ3v) is 8.44. The quantitative estimate of drug-likeness (QED) is 0.270. The molecule has 0 saturated carbocycles. The SMILES string of the molecule is CN(CC(O)CNC(C)(C)CCCc1cccc(F)c1)S(=O)(=O)c1cccc(-c2ccc(CC(=O)O)cc2)c1. The number of carboxylic acids is 1. The van der Waals surface area contributed by atoms with E-state index in [1.54, 1.807) is 48.5 Å². The van der Waals surface area contributed by atoms with E-state index in [1.807, 2.05) is 19.9 Å². The number of aliphatic hydroxyl groups excluding tert-OH is 1. The lowest BCUT2D eigenvalue weighted by Crippen LogP contribution is -2.46. The van der Waals surface area contributed by atoms with Crippen LogP contribution in [0.25, 0.3) is 11.1 Å². The van der Waals surface area contributed by atoms with Gasteiger partial charge in [-0.2, -0.15) is 4.31 Å². The minimum absolute atomic E-state index is 0.0805. The van der Waals surface area contributed by atoms with Gasteiger partial charge in [0, 0.05) is 25.7 Å². The van der Waals surface area contributed by atoms with E-state index < -0.39 is 22.1 Å². The van der Waals surface area contributed by atoms with Crippen LogP contribution in [0.15, 0.2) is 77.7 Å². The largest absolute Gasteiger partial charge is 0.481 e. The van der Waals surface area contributed by atoms with E-state index in [0.717, 1.165) is 34.7 Å². The molecule has 0 heterocycles. The van der Waals surface area contributed by atoms with Crippen molar-refractivity contribution in [3.8, 4) is 11.1 Å². The van der Waals surface area contributed by atoms with Gasteiger partial charge >= 0.3 is 5.97 Å². The maximum absolute atomic E-state index is 13.4. The van der Waals surface area contributed by atoms with Crippen molar-refractivity contribution in [1.82, 2.24) is 9.62 Å². The Morgan fingerprint density at radius 1 is 1.00 bits per heavy atom. The van der Waals surface area contributed by atoms with Crippen LogP contribution >= 0.6 is 0 Å². The first-order valence-electron chi connectivity index (χ1n) is 12.9. The van der Waals surface area contributed by atoms with E-state index in [-0.39, 0.29) is 35.8 Å². The second kappa shape index (κ2) is 13.3. The summed E-state index contributed by atoms with van der Waals surface area (Å²) in [5.41, 5.74) is 2.77. The average molecular weight is 557 g/mol. The standard InChI is InChI=1S/C30H37FN2O5S/c1-30(2,16-6-8-22-7-4-10-26(31)17-22)32-20-27(34)21-33(3)39(37,38)28-11-5-9-25(19-28)24-14-12-23(13-15-24)18-29(35)36/h4-5,7,9-15,17,19,27,32,34H,6,8,16,18,20-21H2,1-3H3,(H,35,36). The van der Waals surface area contributed by atoms with Crippen molar-refractivity contribution in [3.63, 3.8) is 0 Å². The van der Waals surface area contributed by atoms with Gasteiger partial charge in [-0.1, -0.05) is 48.5 Å². The van der Waals surface area contributed by atoms with Gasteiger partial charge < -0.3 is 15.5 Å². The van der Waals surface area contributed by atoms with Gasteiger partial charge in [0.05, 0.1) is 17.4 Å². The van der Waals surface area contributed by atoms with E-state index in [4.69, 9.17) is 5.11 Å². The highest BCUT2D eigenvalue weighted by atomic mass is 32.2. The summed E-state index contributed by atoms with van der Waals surface area (Å²) >= 11 is 0. The molecule has 3 aromatic carbocycles. The minimum Gasteiger partial charge on any atom is -0.481 e. The molecule has 0 fully saturated rings. The maximum atomic E-state index is 13.4. The molecule has 7 nitrogen and oxygen atoms in total. The Hall–Kier alpha value is -3.11. The number of aliphatic hydroxyl groups is 1. The third kappa shape index (κ3) is 9.25. The number of carbonyl (C=O) groups is 1. The van der Waals surface area contributed by atoms with Gasteiger partial charge in [-0.3, -0.25) is 4.79 Å². The van der Waals surface area contributed by atoms with Crippen molar-refractivity contribution in [1.29, 1.82) is 0 Å². The number of β-amino-alcohol motifs (C(OH)–C–C–N with tert-alkyl or cyclic N) is 1. The Morgan fingerprint density at radius 2 is 1.69 bits per heavy atom. The molecule has 3 N–H and O–H groups in total. The highest BCUT2D eigenvalue weighted by Gasteiger charge is 2.25. The molecule has 0 aliphatic carbocycles. The fourth-order valence-electron chi connectivity index (χ4n) is 4.37. The Labute approximate surface area is 230 Å². The maximum Gasteiger partial charge on any atom is 0.307 e. The van der Waals surface area contributed by atoms with Crippen molar-refractivity contribution < 1.29 is 27.8 Å². The fourth-order valence-corrected chi connectivity index (χ4v) is 5.63. The molecule has 0 spiro atoms. The van der Waals surface area contributed by atoms with Crippen LogP contribution in [0.2, 0.25) is 0 Å². The zero-order chi connectivity index (χ0) is 28.6. The lowest BCUT2D eigenvalue weighted by atomic mass is 9.95. The first kappa shape index (κ1) is 30.4. The van der Waals surface area contributed by atoms with Gasteiger partial charge in [0.25, 0.3) is 0 Å². The number of aliphatic carboxylic acids is 1. The van der Waals surface area contributed by atoms with E-state index in [2.05, 4.69) is 5.32 Å². The summed E-state index contributed by atoms with van der Waals surface area (Å²) in [6.45, 7) is 4.18. The zero-order valence-electron chi connectivity index (χ0n) is 22.6. The van der Waals surface area contributed by atoms with E-state index in [9.17, 15) is 22.7 Å². The summed E-state index contributed by atoms with van der Waals surface area (Å²) in [5.74, 6) is -1.16. The first-order chi connectivity index (χ1) is 18.4. The van der Waals surface area contributed by atoms with Crippen molar-refractivity contribution in [2.24, 2.45) is 0 Å². The van der Waals surface area contributed by atoms with Crippen LogP contribution < -0.4 is 5.32 Å². The van der Waals surface area contributed by atoms with Gasteiger partial charge in [0.1, 0.15) is 5.82 Å². The van der Waals surface area contributed by atoms with Crippen LogP contribution in [0, 0.1) is 5.82 Å². The molecule has 210 valence electrons. The summed E-state index contributed by atoms with van der Waals surface area (Å²) in [7, 11) is -2.41. The molecule has 0 aliphatic rings. The van der Waals surface area contributed by atoms with E-state index >= 15 is 0 Å². The number of nitrogens with one attached hydrogen (secondary N) is 1. The molecule has 0 aliphatic heterocycles. The van der Waals surface area contributed by atoms with Gasteiger partial charge in [-0.25, -0.2) is 12.8 Å². The van der Waals surface area contributed by atoms with Crippen molar-refractivity contribution >= 4 is 16.0 Å². The number of rotatable bonds is 14. The van der Waals surface area contributed by atoms with Crippen LogP contribution in [0.3, 0.4) is 0 Å². The molecule has 0 saturated heterocycles. The second-order valence-corrected chi connectivity index (χ2v) is 12.5. The van der Waals surface area contributed by atoms with E-state index in [0.29, 0.717) is 11.1 Å². The van der Waals surface area contributed by atoms with Crippen molar-refractivity contribution in [3.05, 3.63) is 89.7 Å². The average Bonchev–Trinajstić information content (AvgIpc) is 2.88. The van der Waals surface area contributed by atoms with Crippen LogP contribution in [0.1, 0.15) is 37.8 Å². The lowest BCUT2D eigenvalue weighted by Gasteiger charge is -2.29. The van der Waals surface area contributed by atoms with Gasteiger partial charge in [0.2, 0.25) is 10.0 Å². The third-order valence-electron chi connectivity index (χ3n) is 6.63. The molecule has 3 aromatic rings. The van der Waals surface area contributed by atoms with Gasteiger partial charge in [-0.15, -0.1) is 0 Å². The molecule has 0 amide bonds. The number of hydrogen-bond acceptors (Lipinski definition) is 5. The highest BCUT2D eigenvalue weighted by molar-refractivity contribution is 7.89. The number of carboxylic acid groups (broad SMARTS) is 1. The van der Waals surface area contributed by atoms with Crippen LogP contribution in [0.5, 0.6) is 0 Å². The Bertz CT molecular complexity index is 1360. The zero-order valence-corrected chi connectivity index (χ0v) is 23.4. The van der Waals surface area contributed by atoms with E-state index in [1.165, 1.54) is 25.2 Å². The second-order valence-electron chi connectivity index (χ2n) is 10.5. The molecular formula is C30H37FN2O5S. The fraction of sp³-hybridized carbons (Fsp3) is 0.367. The predicted octanol–water partition coefficient (Wildman–Crippen LogP) is 4.49. The number of hydrogen-bond donors (Lipinski definition) is 3. The monoisotopic (exact) mass is 556 g/mol. The number of aryl methyl sites for hydroxylation is 1. The molecule has 0 aromatic heterocycles. The Kier molecular flexibility index (Phi) is 10.4. The smallest absolute Gasteiger partial charge is 0.307 e. The summed E-state index contributed by atoms with van der Waals surface area (Å²) in [5, 5.41) is 22.9. The summed E-state index contributed by atoms with van der Waals surface area (Å²) < 4.78 is 41.0. The molecule has 0 bridgehead atoms. The summed E-state index contributed by atoms with van der Waals surface area (Å²) in [6, 6.07) is 20.1.